The predicted molar refractivity (Wildman–Crippen MR) is 203 cm³/mol. The third kappa shape index (κ3) is 9.81. The summed E-state index contributed by atoms with van der Waals surface area (Å²) in [6.45, 7) is 8.93. The minimum Gasteiger partial charge on any atom is -0.497 e. The SMILES string of the molecule is C=C[C@@H]1C[C@]1(CC(=O)[C@@H]1C[C@@H](Oc2nccc3cc(OC)ccc23)CN1C(=O)[C@H](CCC(=O)/C=C/C1CC1)CC(=O)OC(C)(C)C)C(=O)NS(=O)(=O)C1CC1. The second-order valence-corrected chi connectivity index (χ2v) is 18.4. The van der Waals surface area contributed by atoms with Crippen LogP contribution >= 0.6 is 0 Å². The van der Waals surface area contributed by atoms with Crippen LogP contribution in [0.15, 0.2) is 55.3 Å². The van der Waals surface area contributed by atoms with Crippen molar-refractivity contribution in [1.29, 1.82) is 0 Å². The Morgan fingerprint density at radius 3 is 2.49 bits per heavy atom. The van der Waals surface area contributed by atoms with E-state index in [1.807, 2.05) is 24.3 Å². The van der Waals surface area contributed by atoms with Gasteiger partial charge in [0, 0.05) is 36.8 Å². The summed E-state index contributed by atoms with van der Waals surface area (Å²) >= 11 is 0. The number of nitrogens with one attached hydrogen (secondary N) is 1. The van der Waals surface area contributed by atoms with Gasteiger partial charge in [-0.05, 0) is 107 Å². The molecule has 4 fully saturated rings. The average molecular weight is 778 g/mol. The number of hydrogen-bond donors (Lipinski definition) is 1. The van der Waals surface area contributed by atoms with Gasteiger partial charge in [-0.3, -0.25) is 28.7 Å². The third-order valence-electron chi connectivity index (χ3n) is 10.8. The number of esters is 1. The molecule has 1 aromatic carbocycles. The monoisotopic (exact) mass is 777 g/mol. The van der Waals surface area contributed by atoms with Crippen molar-refractivity contribution in [2.24, 2.45) is 23.2 Å². The summed E-state index contributed by atoms with van der Waals surface area (Å²) in [4.78, 5) is 74.4. The predicted octanol–water partition coefficient (Wildman–Crippen LogP) is 5.02. The normalized spacial score (nSPS) is 24.3. The molecular formula is C41H51N3O10S. The number of rotatable bonds is 18. The number of fused-ring (bicyclic) bond motifs is 1. The molecule has 0 unspecified atom stereocenters. The minimum atomic E-state index is -3.88. The van der Waals surface area contributed by atoms with E-state index < -0.39 is 73.8 Å². The Morgan fingerprint density at radius 1 is 1.11 bits per heavy atom. The number of likely N-dealkylation sites (tertiary alicyclic amines) is 1. The zero-order valence-corrected chi connectivity index (χ0v) is 32.8. The van der Waals surface area contributed by atoms with Gasteiger partial charge in [0.2, 0.25) is 27.7 Å². The van der Waals surface area contributed by atoms with E-state index in [0.29, 0.717) is 35.8 Å². The van der Waals surface area contributed by atoms with Gasteiger partial charge >= 0.3 is 5.97 Å². The molecule has 3 saturated carbocycles. The fourth-order valence-electron chi connectivity index (χ4n) is 7.31. The summed E-state index contributed by atoms with van der Waals surface area (Å²) in [5, 5.41) is 0.864. The first-order valence-electron chi connectivity index (χ1n) is 19.1. The molecule has 5 atom stereocenters. The van der Waals surface area contributed by atoms with Crippen LogP contribution in [0.5, 0.6) is 11.6 Å². The fourth-order valence-corrected chi connectivity index (χ4v) is 8.70. The second kappa shape index (κ2) is 15.9. The van der Waals surface area contributed by atoms with E-state index in [2.05, 4.69) is 16.3 Å². The van der Waals surface area contributed by atoms with Crippen LogP contribution < -0.4 is 14.2 Å². The number of nitrogens with zero attached hydrogens (tertiary/aromatic N) is 2. The fraction of sp³-hybridized carbons (Fsp3) is 0.561. The number of ketones is 2. The average Bonchev–Trinajstić information content (AvgIpc) is 4.02. The molecule has 13 nitrogen and oxygen atoms in total. The number of sulfonamides is 1. The van der Waals surface area contributed by atoms with Crippen LogP contribution in [0.4, 0.5) is 0 Å². The highest BCUT2D eigenvalue weighted by Crippen LogP contribution is 2.57. The number of Topliss-reactive ketones (excluding diaryl/α,β-unsaturated/α-hetero) is 1. The summed E-state index contributed by atoms with van der Waals surface area (Å²) in [5.74, 6) is -2.60. The molecule has 4 aliphatic rings. The Labute approximate surface area is 322 Å². The maximum absolute atomic E-state index is 14.6. The number of amides is 2. The Hall–Kier alpha value is -4.59. The van der Waals surface area contributed by atoms with Gasteiger partial charge < -0.3 is 19.1 Å². The first-order valence-corrected chi connectivity index (χ1v) is 20.6. The number of benzene rings is 1. The number of aromatic nitrogens is 1. The second-order valence-electron chi connectivity index (χ2n) is 16.4. The quantitative estimate of drug-likeness (QED) is 0.122. The summed E-state index contributed by atoms with van der Waals surface area (Å²) in [7, 11) is -2.32. The number of carbonyl (C=O) groups is 5. The highest BCUT2D eigenvalue weighted by atomic mass is 32.2. The zero-order valence-electron chi connectivity index (χ0n) is 32.0. The van der Waals surface area contributed by atoms with Gasteiger partial charge in [-0.2, -0.15) is 0 Å². The highest BCUT2D eigenvalue weighted by molar-refractivity contribution is 7.90. The lowest BCUT2D eigenvalue weighted by atomic mass is 9.90. The summed E-state index contributed by atoms with van der Waals surface area (Å²) < 4.78 is 45.1. The lowest BCUT2D eigenvalue weighted by Crippen LogP contribution is -2.46. The molecule has 6 rings (SSSR count). The number of carbonyl (C=O) groups excluding carboxylic acids is 5. The van der Waals surface area contributed by atoms with Crippen molar-refractivity contribution >= 4 is 50.1 Å². The Kier molecular flexibility index (Phi) is 11.6. The molecule has 2 heterocycles. The van der Waals surface area contributed by atoms with Crippen molar-refractivity contribution in [3.8, 4) is 11.6 Å². The van der Waals surface area contributed by atoms with Crippen LogP contribution in [0.25, 0.3) is 10.8 Å². The van der Waals surface area contributed by atoms with Crippen molar-refractivity contribution in [3.63, 3.8) is 0 Å². The van der Waals surface area contributed by atoms with Gasteiger partial charge in [0.25, 0.3) is 0 Å². The smallest absolute Gasteiger partial charge is 0.307 e. The van der Waals surface area contributed by atoms with Crippen LogP contribution in [0.2, 0.25) is 0 Å². The maximum atomic E-state index is 14.6. The van der Waals surface area contributed by atoms with Crippen molar-refractivity contribution in [2.75, 3.05) is 13.7 Å². The van der Waals surface area contributed by atoms with Gasteiger partial charge in [-0.1, -0.05) is 12.2 Å². The molecular weight excluding hydrogens is 727 g/mol. The minimum absolute atomic E-state index is 0.0119. The van der Waals surface area contributed by atoms with Crippen LogP contribution in [0, 0.1) is 23.2 Å². The molecule has 2 aromatic rings. The molecule has 2 amide bonds. The summed E-state index contributed by atoms with van der Waals surface area (Å²) in [5.41, 5.74) is -2.15. The van der Waals surface area contributed by atoms with E-state index in [0.717, 1.165) is 18.2 Å². The molecule has 1 saturated heterocycles. The molecule has 0 bridgehead atoms. The Morgan fingerprint density at radius 2 is 1.85 bits per heavy atom. The largest absolute Gasteiger partial charge is 0.497 e. The molecule has 55 heavy (non-hydrogen) atoms. The standard InChI is InChI=1S/C41H51N3O10S/c1-6-28-22-41(28,39(49)43-55(50,51)32-14-15-32)23-35(46)34-21-31(53-37-33-16-13-30(52-5)19-26(33)17-18-42-37)24-44(34)38(48)27(20-36(47)54-40(2,3)4)10-12-29(45)11-9-25-7-8-25/h6,9,11,13,16-19,25,27-28,31-32,34H,1,7-8,10,12,14-15,20-24H2,2-5H3,(H,43,49)/b11-9+/t27-,28-,31-,34+,41-/m1/s1. The van der Waals surface area contributed by atoms with E-state index in [1.54, 1.807) is 46.2 Å². The number of allylic oxidation sites excluding steroid dienone is 3. The van der Waals surface area contributed by atoms with Gasteiger partial charge in [0.15, 0.2) is 11.6 Å². The summed E-state index contributed by atoms with van der Waals surface area (Å²) in [6, 6.07) is 6.15. The molecule has 1 N–H and O–H groups in total. The van der Waals surface area contributed by atoms with E-state index in [4.69, 9.17) is 14.2 Å². The van der Waals surface area contributed by atoms with Crippen LogP contribution in [-0.4, -0.2) is 84.3 Å². The highest BCUT2D eigenvalue weighted by Gasteiger charge is 2.61. The Bertz CT molecular complexity index is 2000. The van der Waals surface area contributed by atoms with Gasteiger partial charge in [0.05, 0.1) is 36.8 Å². The van der Waals surface area contributed by atoms with Crippen LogP contribution in [0.1, 0.15) is 85.0 Å². The maximum Gasteiger partial charge on any atom is 0.307 e. The molecule has 14 heteroatoms. The van der Waals surface area contributed by atoms with Crippen LogP contribution in [-0.2, 0) is 38.7 Å². The van der Waals surface area contributed by atoms with Crippen molar-refractivity contribution < 1.29 is 46.6 Å². The molecule has 1 aromatic heterocycles. The van der Waals surface area contributed by atoms with Gasteiger partial charge in [-0.15, -0.1) is 6.58 Å². The Balaban J connectivity index is 1.27. The van der Waals surface area contributed by atoms with Crippen molar-refractivity contribution in [1.82, 2.24) is 14.6 Å². The van der Waals surface area contributed by atoms with Crippen LogP contribution in [0.3, 0.4) is 0 Å². The number of methoxy groups -OCH3 is 1. The number of pyridine rings is 1. The zero-order chi connectivity index (χ0) is 39.7. The first kappa shape index (κ1) is 40.1. The van der Waals surface area contributed by atoms with E-state index >= 15 is 0 Å². The molecule has 296 valence electrons. The van der Waals surface area contributed by atoms with Gasteiger partial charge in [-0.25, -0.2) is 13.4 Å². The first-order chi connectivity index (χ1) is 26.0. The summed E-state index contributed by atoms with van der Waals surface area (Å²) in [6.07, 6.45) is 8.53. The molecule has 0 radical (unpaired) electrons. The molecule has 0 spiro atoms. The molecule has 1 aliphatic heterocycles. The topological polar surface area (TPSA) is 175 Å². The molecule has 3 aliphatic carbocycles. The van der Waals surface area contributed by atoms with Crippen molar-refractivity contribution in [2.45, 2.75) is 108 Å². The van der Waals surface area contributed by atoms with E-state index in [9.17, 15) is 32.4 Å². The lowest BCUT2D eigenvalue weighted by Gasteiger charge is -2.29. The third-order valence-corrected chi connectivity index (χ3v) is 12.6. The van der Waals surface area contributed by atoms with Crippen molar-refractivity contribution in [3.05, 3.63) is 55.3 Å². The van der Waals surface area contributed by atoms with E-state index in [1.165, 1.54) is 11.0 Å². The number of ether oxygens (including phenoxy) is 3. The van der Waals surface area contributed by atoms with Gasteiger partial charge in [0.1, 0.15) is 17.5 Å². The number of hydrogen-bond acceptors (Lipinski definition) is 11. The van der Waals surface area contributed by atoms with E-state index in [-0.39, 0.29) is 50.9 Å². The lowest BCUT2D eigenvalue weighted by molar-refractivity contribution is -0.159.